The molecule has 0 saturated carbocycles. The Balaban J connectivity index is 1.55. The van der Waals surface area contributed by atoms with Gasteiger partial charge in [0.15, 0.2) is 0 Å². The summed E-state index contributed by atoms with van der Waals surface area (Å²) in [4.78, 5) is 37.1. The van der Waals surface area contributed by atoms with E-state index in [1.165, 1.54) is 41.3 Å². The van der Waals surface area contributed by atoms with Crippen molar-refractivity contribution >= 4 is 39.8 Å². The molecular weight excluding hydrogens is 442 g/mol. The minimum Gasteiger partial charge on any atom is -0.441 e. The average molecular weight is 461 g/mol. The molecule has 2 aromatic carbocycles. The minimum absolute atomic E-state index is 0.0807. The molecule has 0 radical (unpaired) electrons. The summed E-state index contributed by atoms with van der Waals surface area (Å²) in [6.07, 6.45) is -1.63. The summed E-state index contributed by atoms with van der Waals surface area (Å²) in [7, 11) is -3.66. The standard InChI is InChI=1S/C20H19N3O8S/c1-32(27,28)29-12-16-11-23(20(26)30-16)15-9-7-13(8-10-15)17(21)22-19(25)31-18(24)14-5-3-2-4-6-14/h2-10,16H,11-12H2,1H3,(H2,21,22,25). The molecule has 0 bridgehead atoms. The van der Waals surface area contributed by atoms with Crippen LogP contribution < -0.4 is 10.2 Å². The van der Waals surface area contributed by atoms with Crippen LogP contribution in [0.25, 0.3) is 0 Å². The maximum absolute atomic E-state index is 12.0. The predicted molar refractivity (Wildman–Crippen MR) is 112 cm³/mol. The number of rotatable bonds is 6. The van der Waals surface area contributed by atoms with Crippen molar-refractivity contribution < 1.29 is 36.5 Å². The molecule has 1 fully saturated rings. The fourth-order valence-electron chi connectivity index (χ4n) is 2.74. The van der Waals surface area contributed by atoms with Crippen molar-refractivity contribution in [2.75, 3.05) is 24.3 Å². The van der Waals surface area contributed by atoms with E-state index in [1.54, 1.807) is 18.2 Å². The Morgan fingerprint density at radius 1 is 1.12 bits per heavy atom. The molecule has 1 atom stereocenters. The van der Waals surface area contributed by atoms with Gasteiger partial charge < -0.3 is 9.47 Å². The number of anilines is 1. The fourth-order valence-corrected chi connectivity index (χ4v) is 3.14. The normalized spacial score (nSPS) is 15.7. The highest BCUT2D eigenvalue weighted by atomic mass is 32.2. The number of esters is 1. The SMILES string of the molecule is CS(=O)(=O)OCC1CN(c2ccc(C(=N)NC(=O)OC(=O)c3ccccc3)cc2)C(=O)O1. The highest BCUT2D eigenvalue weighted by Gasteiger charge is 2.33. The van der Waals surface area contributed by atoms with Crippen LogP contribution in [0.15, 0.2) is 54.6 Å². The quantitative estimate of drug-likeness (QED) is 0.217. The van der Waals surface area contributed by atoms with E-state index in [-0.39, 0.29) is 24.6 Å². The van der Waals surface area contributed by atoms with Gasteiger partial charge in [-0.05, 0) is 36.4 Å². The van der Waals surface area contributed by atoms with Crippen LogP contribution in [-0.4, -0.2) is 57.9 Å². The van der Waals surface area contributed by atoms with Gasteiger partial charge >= 0.3 is 18.2 Å². The Bertz CT molecular complexity index is 1130. The number of alkyl carbamates (subject to hydrolysis) is 1. The van der Waals surface area contributed by atoms with Gasteiger partial charge in [-0.2, -0.15) is 8.42 Å². The van der Waals surface area contributed by atoms with Gasteiger partial charge in [-0.3, -0.25) is 19.8 Å². The van der Waals surface area contributed by atoms with Crippen LogP contribution >= 0.6 is 0 Å². The summed E-state index contributed by atoms with van der Waals surface area (Å²) in [5, 5.41) is 10.1. The van der Waals surface area contributed by atoms with Crippen molar-refractivity contribution in [2.24, 2.45) is 0 Å². The van der Waals surface area contributed by atoms with E-state index in [9.17, 15) is 22.8 Å². The molecule has 2 aromatic rings. The van der Waals surface area contributed by atoms with Gasteiger partial charge in [0, 0.05) is 11.3 Å². The first-order valence-electron chi connectivity index (χ1n) is 9.22. The Labute approximate surface area is 183 Å². The van der Waals surface area contributed by atoms with E-state index >= 15 is 0 Å². The van der Waals surface area contributed by atoms with Crippen LogP contribution in [0.1, 0.15) is 15.9 Å². The first kappa shape index (κ1) is 22.9. The lowest BCUT2D eigenvalue weighted by molar-refractivity contribution is 0.0630. The van der Waals surface area contributed by atoms with Gasteiger partial charge in [0.1, 0.15) is 18.5 Å². The number of hydrogen-bond acceptors (Lipinski definition) is 9. The molecule has 2 N–H and O–H groups in total. The van der Waals surface area contributed by atoms with Gasteiger partial charge in [0.2, 0.25) is 0 Å². The van der Waals surface area contributed by atoms with Crippen LogP contribution in [0.2, 0.25) is 0 Å². The predicted octanol–water partition coefficient (Wildman–Crippen LogP) is 1.88. The molecule has 12 heteroatoms. The molecule has 11 nitrogen and oxygen atoms in total. The summed E-state index contributed by atoms with van der Waals surface area (Å²) in [5.41, 5.74) is 0.925. The number of nitrogens with one attached hydrogen (secondary N) is 2. The zero-order chi connectivity index (χ0) is 23.3. The fraction of sp³-hybridized carbons (Fsp3) is 0.200. The Morgan fingerprint density at radius 2 is 1.78 bits per heavy atom. The van der Waals surface area contributed by atoms with Crippen molar-refractivity contribution in [2.45, 2.75) is 6.10 Å². The number of amidine groups is 1. The van der Waals surface area contributed by atoms with Crippen LogP contribution in [0.5, 0.6) is 0 Å². The summed E-state index contributed by atoms with van der Waals surface area (Å²) >= 11 is 0. The zero-order valence-electron chi connectivity index (χ0n) is 16.8. The number of ether oxygens (including phenoxy) is 2. The third kappa shape index (κ3) is 6.12. The number of carbonyl (C=O) groups excluding carboxylic acids is 3. The lowest BCUT2D eigenvalue weighted by Gasteiger charge is -2.14. The van der Waals surface area contributed by atoms with E-state index in [2.05, 4.69) is 14.2 Å². The maximum Gasteiger partial charge on any atom is 0.420 e. The largest absolute Gasteiger partial charge is 0.441 e. The second-order valence-electron chi connectivity index (χ2n) is 6.69. The topological polar surface area (TPSA) is 152 Å². The van der Waals surface area contributed by atoms with Crippen molar-refractivity contribution in [3.8, 4) is 0 Å². The third-order valence-electron chi connectivity index (χ3n) is 4.23. The van der Waals surface area contributed by atoms with E-state index in [0.29, 0.717) is 11.3 Å². The molecule has 168 valence electrons. The zero-order valence-corrected chi connectivity index (χ0v) is 17.6. The van der Waals surface area contributed by atoms with E-state index < -0.39 is 34.4 Å². The lowest BCUT2D eigenvalue weighted by atomic mass is 10.1. The summed E-state index contributed by atoms with van der Waals surface area (Å²) in [6.45, 7) is -0.213. The average Bonchev–Trinajstić information content (AvgIpc) is 3.13. The Morgan fingerprint density at radius 3 is 2.41 bits per heavy atom. The molecule has 32 heavy (non-hydrogen) atoms. The molecule has 3 rings (SSSR count). The van der Waals surface area contributed by atoms with Crippen LogP contribution in [0.4, 0.5) is 15.3 Å². The highest BCUT2D eigenvalue weighted by Crippen LogP contribution is 2.22. The molecule has 0 aliphatic carbocycles. The molecular formula is C20H19N3O8S. The Hall–Kier alpha value is -3.77. The Kier molecular flexibility index (Phi) is 6.85. The molecule has 1 unspecified atom stereocenters. The highest BCUT2D eigenvalue weighted by molar-refractivity contribution is 7.85. The van der Waals surface area contributed by atoms with Gasteiger partial charge in [-0.25, -0.2) is 14.4 Å². The van der Waals surface area contributed by atoms with Crippen LogP contribution in [0.3, 0.4) is 0 Å². The molecule has 0 aromatic heterocycles. The number of hydrogen-bond donors (Lipinski definition) is 2. The summed E-state index contributed by atoms with van der Waals surface area (Å²) in [6, 6.07) is 13.9. The van der Waals surface area contributed by atoms with E-state index in [4.69, 9.17) is 10.1 Å². The van der Waals surface area contributed by atoms with Crippen LogP contribution in [-0.2, 0) is 23.8 Å². The lowest BCUT2D eigenvalue weighted by Crippen LogP contribution is -2.32. The number of benzene rings is 2. The first-order chi connectivity index (χ1) is 15.1. The molecule has 1 aliphatic heterocycles. The smallest absolute Gasteiger partial charge is 0.420 e. The van der Waals surface area contributed by atoms with Crippen molar-refractivity contribution in [1.29, 1.82) is 5.41 Å². The number of nitrogens with zero attached hydrogens (tertiary/aromatic N) is 1. The summed E-state index contributed by atoms with van der Waals surface area (Å²) in [5.74, 6) is -1.17. The number of carbonyl (C=O) groups is 3. The van der Waals surface area contributed by atoms with Crippen molar-refractivity contribution in [3.63, 3.8) is 0 Å². The van der Waals surface area contributed by atoms with E-state index in [1.807, 2.05) is 0 Å². The maximum atomic E-state index is 12.0. The monoisotopic (exact) mass is 461 g/mol. The van der Waals surface area contributed by atoms with Crippen LogP contribution in [0, 0.1) is 5.41 Å². The molecule has 1 aliphatic rings. The van der Waals surface area contributed by atoms with Gasteiger partial charge in [0.25, 0.3) is 10.1 Å². The summed E-state index contributed by atoms with van der Waals surface area (Å²) < 4.78 is 36.5. The van der Waals surface area contributed by atoms with Gasteiger partial charge in [-0.1, -0.05) is 18.2 Å². The molecule has 1 saturated heterocycles. The van der Waals surface area contributed by atoms with Gasteiger partial charge in [0.05, 0.1) is 18.4 Å². The second-order valence-corrected chi connectivity index (χ2v) is 8.34. The first-order valence-corrected chi connectivity index (χ1v) is 11.0. The second kappa shape index (κ2) is 9.58. The molecule has 2 amide bonds. The third-order valence-corrected chi connectivity index (χ3v) is 4.80. The van der Waals surface area contributed by atoms with Gasteiger partial charge in [-0.15, -0.1) is 0 Å². The molecule has 0 spiro atoms. The molecule has 1 heterocycles. The number of cyclic esters (lactones) is 1. The van der Waals surface area contributed by atoms with E-state index in [0.717, 1.165) is 6.26 Å². The van der Waals surface area contributed by atoms with Crippen molar-refractivity contribution in [3.05, 3.63) is 65.7 Å². The van der Waals surface area contributed by atoms with Crippen molar-refractivity contribution in [1.82, 2.24) is 5.32 Å². The number of amides is 2. The minimum atomic E-state index is -3.66.